The molecule has 0 atom stereocenters. The Morgan fingerprint density at radius 3 is 2.41 bits per heavy atom. The van der Waals surface area contributed by atoms with Crippen LogP contribution in [0.25, 0.3) is 0 Å². The van der Waals surface area contributed by atoms with Gasteiger partial charge in [-0.3, -0.25) is 4.99 Å². The number of benzene rings is 2. The summed E-state index contributed by atoms with van der Waals surface area (Å²) >= 11 is 0. The van der Waals surface area contributed by atoms with Crippen LogP contribution in [-0.4, -0.2) is 11.3 Å². The van der Waals surface area contributed by atoms with Crippen LogP contribution in [0.5, 0.6) is 5.75 Å². The molecule has 0 amide bonds. The first-order valence-electron chi connectivity index (χ1n) is 5.15. The van der Waals surface area contributed by atoms with E-state index in [0.29, 0.717) is 0 Å². The maximum atomic E-state index is 9.57. The average Bonchev–Trinajstić information content (AvgIpc) is 2.30. The molecule has 0 unspecified atom stereocenters. The number of hydrogen-bond acceptors (Lipinski definition) is 2. The number of nitrogens with zero attached hydrogens (tertiary/aromatic N) is 1. The van der Waals surface area contributed by atoms with Crippen LogP contribution in [0.4, 0.5) is 5.69 Å². The molecular formula is C14H14LiNO. The van der Waals surface area contributed by atoms with Crippen molar-refractivity contribution < 1.29 is 25.4 Å². The number of para-hydroxylation sites is 2. The predicted molar refractivity (Wildman–Crippen MR) is 67.7 cm³/mol. The first-order chi connectivity index (χ1) is 7.77. The summed E-state index contributed by atoms with van der Waals surface area (Å²) in [7, 11) is 0. The molecule has 82 valence electrons. The Labute approximate surface area is 115 Å². The fourth-order valence-electron chi connectivity index (χ4n) is 1.44. The molecule has 0 bridgehead atoms. The molecule has 0 spiro atoms. The quantitative estimate of drug-likeness (QED) is 0.581. The third-order valence-electron chi connectivity index (χ3n) is 2.39. The minimum Gasteiger partial charge on any atom is -1.00 e. The fraction of sp³-hybridized carbons (Fsp3) is 0.0714. The zero-order valence-corrected chi connectivity index (χ0v) is 10.1. The van der Waals surface area contributed by atoms with Crippen LogP contribution < -0.4 is 18.9 Å². The fourth-order valence-corrected chi connectivity index (χ4v) is 1.44. The Bertz CT molecular complexity index is 481. The zero-order chi connectivity index (χ0) is 11.4. The Morgan fingerprint density at radius 1 is 1.06 bits per heavy atom. The molecule has 0 radical (unpaired) electrons. The first-order valence-corrected chi connectivity index (χ1v) is 5.15. The number of aromatic hydroxyl groups is 1. The average molecular weight is 219 g/mol. The van der Waals surface area contributed by atoms with E-state index in [9.17, 15) is 5.11 Å². The van der Waals surface area contributed by atoms with E-state index in [0.717, 1.165) is 16.8 Å². The van der Waals surface area contributed by atoms with Gasteiger partial charge in [0, 0.05) is 11.8 Å². The van der Waals surface area contributed by atoms with Gasteiger partial charge in [0.2, 0.25) is 0 Å². The van der Waals surface area contributed by atoms with E-state index in [-0.39, 0.29) is 26.0 Å². The molecule has 2 nitrogen and oxygen atoms in total. The van der Waals surface area contributed by atoms with Gasteiger partial charge >= 0.3 is 18.9 Å². The molecule has 17 heavy (non-hydrogen) atoms. The van der Waals surface area contributed by atoms with Crippen LogP contribution >= 0.6 is 0 Å². The summed E-state index contributed by atoms with van der Waals surface area (Å²) in [4.78, 5) is 4.35. The second kappa shape index (κ2) is 6.29. The molecule has 0 aromatic heterocycles. The van der Waals surface area contributed by atoms with Crippen molar-refractivity contribution in [2.75, 3.05) is 0 Å². The van der Waals surface area contributed by atoms with Gasteiger partial charge in [-0.15, -0.1) is 0 Å². The molecular weight excluding hydrogens is 205 g/mol. The van der Waals surface area contributed by atoms with Gasteiger partial charge in [-0.25, -0.2) is 0 Å². The SMILES string of the molecule is Cc1ccccc1N=Cc1ccccc1O.[H-].[Li+]. The first kappa shape index (κ1) is 13.6. The van der Waals surface area contributed by atoms with Gasteiger partial charge in [-0.2, -0.15) is 0 Å². The van der Waals surface area contributed by atoms with Crippen molar-refractivity contribution >= 4 is 11.9 Å². The van der Waals surface area contributed by atoms with E-state index < -0.39 is 0 Å². The van der Waals surface area contributed by atoms with Crippen LogP contribution in [0.3, 0.4) is 0 Å². The molecule has 2 rings (SSSR count). The number of aliphatic imine (C=N–C) groups is 1. The third kappa shape index (κ3) is 3.49. The van der Waals surface area contributed by atoms with E-state index in [1.54, 1.807) is 18.3 Å². The Hall–Kier alpha value is -1.49. The summed E-state index contributed by atoms with van der Waals surface area (Å²) in [5, 5.41) is 9.57. The van der Waals surface area contributed by atoms with Gasteiger partial charge in [-0.05, 0) is 30.7 Å². The van der Waals surface area contributed by atoms with Gasteiger partial charge in [0.15, 0.2) is 0 Å². The van der Waals surface area contributed by atoms with Crippen LogP contribution in [0.2, 0.25) is 0 Å². The van der Waals surface area contributed by atoms with E-state index in [1.165, 1.54) is 0 Å². The molecule has 0 heterocycles. The Morgan fingerprint density at radius 2 is 1.71 bits per heavy atom. The summed E-state index contributed by atoms with van der Waals surface area (Å²) in [5.41, 5.74) is 2.77. The second-order valence-electron chi connectivity index (χ2n) is 3.60. The van der Waals surface area contributed by atoms with E-state index in [2.05, 4.69) is 4.99 Å². The number of aryl methyl sites for hydroxylation is 1. The molecule has 0 fully saturated rings. The minimum atomic E-state index is 0. The van der Waals surface area contributed by atoms with Gasteiger partial charge < -0.3 is 6.53 Å². The molecule has 0 saturated carbocycles. The summed E-state index contributed by atoms with van der Waals surface area (Å²) in [6.07, 6.45) is 1.68. The summed E-state index contributed by atoms with van der Waals surface area (Å²) in [5.74, 6) is 0.250. The van der Waals surface area contributed by atoms with Crippen LogP contribution in [0.1, 0.15) is 12.6 Å². The summed E-state index contributed by atoms with van der Waals surface area (Å²) in [6.45, 7) is 2.01. The molecule has 0 aliphatic carbocycles. The van der Waals surface area contributed by atoms with E-state index in [1.807, 2.05) is 43.3 Å². The minimum absolute atomic E-state index is 0. The van der Waals surface area contributed by atoms with E-state index in [4.69, 9.17) is 0 Å². The van der Waals surface area contributed by atoms with Crippen LogP contribution in [-0.2, 0) is 0 Å². The van der Waals surface area contributed by atoms with Gasteiger partial charge in [0.25, 0.3) is 0 Å². The molecule has 2 aromatic rings. The molecule has 2 aromatic carbocycles. The van der Waals surface area contributed by atoms with Crippen molar-refractivity contribution in [2.24, 2.45) is 4.99 Å². The third-order valence-corrected chi connectivity index (χ3v) is 2.39. The van der Waals surface area contributed by atoms with E-state index >= 15 is 0 Å². The second-order valence-corrected chi connectivity index (χ2v) is 3.60. The number of rotatable bonds is 2. The van der Waals surface area contributed by atoms with Gasteiger partial charge in [0.05, 0.1) is 5.69 Å². The normalized spacial score (nSPS) is 10.2. The zero-order valence-electron chi connectivity index (χ0n) is 11.1. The Kier molecular flexibility index (Phi) is 5.02. The van der Waals surface area contributed by atoms with Crippen molar-refractivity contribution in [2.45, 2.75) is 6.92 Å². The van der Waals surface area contributed by atoms with Crippen LogP contribution in [0, 0.1) is 6.92 Å². The topological polar surface area (TPSA) is 32.6 Å². The van der Waals surface area contributed by atoms with Gasteiger partial charge in [-0.1, -0.05) is 30.3 Å². The number of phenolic OH excluding ortho intramolecular Hbond substituents is 1. The predicted octanol–water partition coefficient (Wildman–Crippen LogP) is 0.568. The molecule has 3 heteroatoms. The van der Waals surface area contributed by atoms with Crippen molar-refractivity contribution in [3.63, 3.8) is 0 Å². The molecule has 0 aliphatic heterocycles. The van der Waals surface area contributed by atoms with Crippen molar-refractivity contribution in [3.8, 4) is 5.75 Å². The van der Waals surface area contributed by atoms with Crippen molar-refractivity contribution in [3.05, 3.63) is 59.7 Å². The monoisotopic (exact) mass is 219 g/mol. The smallest absolute Gasteiger partial charge is 1.00 e. The molecule has 1 N–H and O–H groups in total. The standard InChI is InChI=1S/C14H13NO.Li.H/c1-11-6-2-4-8-13(11)15-10-12-7-3-5-9-14(12)16;;/h2-10,16H,1H3;;/q;+1;-1. The maximum Gasteiger partial charge on any atom is 1.00 e. The number of hydrogen-bond donors (Lipinski definition) is 1. The summed E-state index contributed by atoms with van der Waals surface area (Å²) in [6, 6.07) is 15.0. The molecule has 0 saturated heterocycles. The maximum absolute atomic E-state index is 9.57. The molecule has 0 aliphatic rings. The van der Waals surface area contributed by atoms with Crippen molar-refractivity contribution in [1.29, 1.82) is 0 Å². The Balaban J connectivity index is 0.00000144. The van der Waals surface area contributed by atoms with Crippen molar-refractivity contribution in [1.82, 2.24) is 0 Å². The van der Waals surface area contributed by atoms with Crippen LogP contribution in [0.15, 0.2) is 53.5 Å². The number of phenols is 1. The summed E-state index contributed by atoms with van der Waals surface area (Å²) < 4.78 is 0. The van der Waals surface area contributed by atoms with Gasteiger partial charge in [0.1, 0.15) is 5.75 Å². The largest absolute Gasteiger partial charge is 1.00 e.